The second-order valence-corrected chi connectivity index (χ2v) is 8.24. The molecule has 1 N–H and O–H groups in total. The summed E-state index contributed by atoms with van der Waals surface area (Å²) >= 11 is 3.53. The molecule has 0 radical (unpaired) electrons. The SMILES string of the molecule is c1ccc2sc(Cc3ccc(Cc4nc5ccccc5s4)[nH]3)nc2c1. The molecule has 3 nitrogen and oxygen atoms in total. The van der Waals surface area contributed by atoms with Crippen molar-refractivity contribution >= 4 is 43.1 Å². The molecule has 0 aliphatic carbocycles. The van der Waals surface area contributed by atoms with Crippen molar-refractivity contribution in [3.05, 3.63) is 82.1 Å². The first-order chi connectivity index (χ1) is 12.3. The highest BCUT2D eigenvalue weighted by molar-refractivity contribution is 7.18. The number of aromatic nitrogens is 3. The van der Waals surface area contributed by atoms with Crippen LogP contribution in [0.5, 0.6) is 0 Å². The molecule has 0 amide bonds. The van der Waals surface area contributed by atoms with E-state index in [0.717, 1.165) is 33.9 Å². The zero-order valence-corrected chi connectivity index (χ0v) is 15.0. The molecule has 0 aliphatic rings. The lowest BCUT2D eigenvalue weighted by atomic mass is 10.3. The third-order valence-corrected chi connectivity index (χ3v) is 6.24. The number of hydrogen-bond donors (Lipinski definition) is 1. The van der Waals surface area contributed by atoms with Gasteiger partial charge in [0.2, 0.25) is 0 Å². The molecule has 5 rings (SSSR count). The van der Waals surface area contributed by atoms with E-state index >= 15 is 0 Å². The van der Waals surface area contributed by atoms with Gasteiger partial charge in [0.1, 0.15) is 0 Å². The van der Waals surface area contributed by atoms with Crippen molar-refractivity contribution in [2.75, 3.05) is 0 Å². The smallest absolute Gasteiger partial charge is 0.0997 e. The summed E-state index contributed by atoms with van der Waals surface area (Å²) in [6, 6.07) is 20.9. The third-order valence-electron chi connectivity index (χ3n) is 4.17. The van der Waals surface area contributed by atoms with Gasteiger partial charge in [-0.25, -0.2) is 9.97 Å². The van der Waals surface area contributed by atoms with Crippen LogP contribution in [0.1, 0.15) is 21.4 Å². The van der Waals surface area contributed by atoms with E-state index in [2.05, 4.69) is 53.5 Å². The van der Waals surface area contributed by atoms with Gasteiger partial charge in [0.25, 0.3) is 0 Å². The third kappa shape index (κ3) is 2.97. The van der Waals surface area contributed by atoms with Gasteiger partial charge in [-0.3, -0.25) is 0 Å². The van der Waals surface area contributed by atoms with Gasteiger partial charge in [-0.1, -0.05) is 24.3 Å². The predicted octanol–water partition coefficient (Wildman–Crippen LogP) is 5.42. The van der Waals surface area contributed by atoms with E-state index in [0.29, 0.717) is 0 Å². The van der Waals surface area contributed by atoms with Crippen LogP contribution < -0.4 is 0 Å². The molecule has 0 saturated carbocycles. The average molecular weight is 361 g/mol. The van der Waals surface area contributed by atoms with Gasteiger partial charge in [-0.15, -0.1) is 22.7 Å². The molecule has 5 heteroatoms. The van der Waals surface area contributed by atoms with Crippen LogP contribution in [0, 0.1) is 0 Å². The number of aromatic amines is 1. The molecule has 0 unspecified atom stereocenters. The fourth-order valence-corrected chi connectivity index (χ4v) is 4.99. The molecule has 0 aliphatic heterocycles. The van der Waals surface area contributed by atoms with Gasteiger partial charge in [0.15, 0.2) is 0 Å². The number of para-hydroxylation sites is 2. The Morgan fingerprint density at radius 1 is 0.640 bits per heavy atom. The van der Waals surface area contributed by atoms with Gasteiger partial charge < -0.3 is 4.98 Å². The number of thiazole rings is 2. The monoisotopic (exact) mass is 361 g/mol. The van der Waals surface area contributed by atoms with E-state index in [1.165, 1.54) is 20.8 Å². The summed E-state index contributed by atoms with van der Waals surface area (Å²) in [5.74, 6) is 0. The van der Waals surface area contributed by atoms with Crippen LogP contribution in [0.2, 0.25) is 0 Å². The molecule has 3 heterocycles. The minimum atomic E-state index is 0.846. The number of rotatable bonds is 4. The molecule has 2 aromatic carbocycles. The molecule has 0 spiro atoms. The minimum absolute atomic E-state index is 0.846. The van der Waals surface area contributed by atoms with E-state index in [1.807, 2.05) is 12.1 Å². The van der Waals surface area contributed by atoms with Crippen LogP contribution in [0.4, 0.5) is 0 Å². The summed E-state index contributed by atoms with van der Waals surface area (Å²) in [5, 5.41) is 2.30. The van der Waals surface area contributed by atoms with Gasteiger partial charge in [0, 0.05) is 24.2 Å². The van der Waals surface area contributed by atoms with E-state index < -0.39 is 0 Å². The van der Waals surface area contributed by atoms with Crippen molar-refractivity contribution in [1.82, 2.24) is 15.0 Å². The van der Waals surface area contributed by atoms with Crippen molar-refractivity contribution in [3.63, 3.8) is 0 Å². The molecule has 122 valence electrons. The summed E-state index contributed by atoms with van der Waals surface area (Å²) in [7, 11) is 0. The maximum Gasteiger partial charge on any atom is 0.0997 e. The van der Waals surface area contributed by atoms with Crippen molar-refractivity contribution in [1.29, 1.82) is 0 Å². The highest BCUT2D eigenvalue weighted by Gasteiger charge is 2.08. The number of H-pyrrole nitrogens is 1. The number of benzene rings is 2. The van der Waals surface area contributed by atoms with Crippen molar-refractivity contribution in [2.45, 2.75) is 12.8 Å². The largest absolute Gasteiger partial charge is 0.362 e. The first-order valence-corrected chi connectivity index (χ1v) is 9.82. The normalized spacial score (nSPS) is 11.5. The molecular weight excluding hydrogens is 346 g/mol. The van der Waals surface area contributed by atoms with E-state index in [-0.39, 0.29) is 0 Å². The first kappa shape index (κ1) is 14.8. The molecule has 0 saturated heterocycles. The lowest BCUT2D eigenvalue weighted by molar-refractivity contribution is 1.02. The van der Waals surface area contributed by atoms with Crippen molar-refractivity contribution in [3.8, 4) is 0 Å². The zero-order chi connectivity index (χ0) is 16.6. The van der Waals surface area contributed by atoms with Gasteiger partial charge in [-0.05, 0) is 36.4 Å². The number of hydrogen-bond acceptors (Lipinski definition) is 4. The fourth-order valence-electron chi connectivity index (χ4n) is 3.01. The summed E-state index contributed by atoms with van der Waals surface area (Å²) in [5.41, 5.74) is 4.58. The lowest BCUT2D eigenvalue weighted by Gasteiger charge is -1.95. The molecule has 5 aromatic rings. The number of nitrogens with zero attached hydrogens (tertiary/aromatic N) is 2. The van der Waals surface area contributed by atoms with Crippen molar-refractivity contribution < 1.29 is 0 Å². The molecule has 0 atom stereocenters. The number of fused-ring (bicyclic) bond motifs is 2. The lowest BCUT2D eigenvalue weighted by Crippen LogP contribution is -1.90. The fraction of sp³-hybridized carbons (Fsp3) is 0.100. The Labute approximate surface area is 153 Å². The minimum Gasteiger partial charge on any atom is -0.362 e. The van der Waals surface area contributed by atoms with Crippen LogP contribution in [0.3, 0.4) is 0 Å². The average Bonchev–Trinajstić information content (AvgIpc) is 3.32. The molecule has 3 aromatic heterocycles. The molecule has 0 bridgehead atoms. The van der Waals surface area contributed by atoms with E-state index in [1.54, 1.807) is 22.7 Å². The summed E-state index contributed by atoms with van der Waals surface area (Å²) in [6.07, 6.45) is 1.69. The Balaban J connectivity index is 1.35. The Bertz CT molecular complexity index is 1010. The standard InChI is InChI=1S/C20H15N3S2/c1-3-7-17-15(5-1)22-19(24-17)11-13-9-10-14(21-13)12-20-23-16-6-2-4-8-18(16)25-20/h1-10,21H,11-12H2. The Morgan fingerprint density at radius 3 is 1.60 bits per heavy atom. The Hall–Kier alpha value is -2.50. The highest BCUT2D eigenvalue weighted by Crippen LogP contribution is 2.25. The van der Waals surface area contributed by atoms with Crippen LogP contribution in [0.15, 0.2) is 60.7 Å². The second-order valence-electron chi connectivity index (χ2n) is 6.01. The Kier molecular flexibility index (Phi) is 3.61. The van der Waals surface area contributed by atoms with Crippen LogP contribution in [-0.4, -0.2) is 15.0 Å². The molecule has 25 heavy (non-hydrogen) atoms. The van der Waals surface area contributed by atoms with Gasteiger partial charge >= 0.3 is 0 Å². The summed E-state index contributed by atoms with van der Waals surface area (Å²) in [4.78, 5) is 13.0. The predicted molar refractivity (Wildman–Crippen MR) is 106 cm³/mol. The highest BCUT2D eigenvalue weighted by atomic mass is 32.1. The summed E-state index contributed by atoms with van der Waals surface area (Å²) < 4.78 is 2.50. The van der Waals surface area contributed by atoms with Crippen molar-refractivity contribution in [2.24, 2.45) is 0 Å². The van der Waals surface area contributed by atoms with Crippen LogP contribution >= 0.6 is 22.7 Å². The maximum atomic E-state index is 4.72. The quantitative estimate of drug-likeness (QED) is 0.465. The molecular formula is C20H15N3S2. The Morgan fingerprint density at radius 2 is 1.12 bits per heavy atom. The zero-order valence-electron chi connectivity index (χ0n) is 13.4. The molecule has 0 fully saturated rings. The number of nitrogens with one attached hydrogen (secondary N) is 1. The van der Waals surface area contributed by atoms with E-state index in [9.17, 15) is 0 Å². The topological polar surface area (TPSA) is 41.6 Å². The van der Waals surface area contributed by atoms with E-state index in [4.69, 9.17) is 9.97 Å². The van der Waals surface area contributed by atoms with Gasteiger partial charge in [-0.2, -0.15) is 0 Å². The van der Waals surface area contributed by atoms with Crippen LogP contribution in [0.25, 0.3) is 20.4 Å². The second kappa shape index (κ2) is 6.10. The maximum absolute atomic E-state index is 4.72. The first-order valence-electron chi connectivity index (χ1n) is 8.19. The summed E-state index contributed by atoms with van der Waals surface area (Å²) in [6.45, 7) is 0. The van der Waals surface area contributed by atoms with Gasteiger partial charge in [0.05, 0.1) is 30.4 Å². The van der Waals surface area contributed by atoms with Crippen LogP contribution in [-0.2, 0) is 12.8 Å².